The third-order valence-electron chi connectivity index (χ3n) is 4.10. The minimum atomic E-state index is -1.04. The Morgan fingerprint density at radius 1 is 1.31 bits per heavy atom. The first-order valence-corrected chi connectivity index (χ1v) is 8.13. The van der Waals surface area contributed by atoms with Crippen LogP contribution in [-0.2, 0) is 14.3 Å². The molecule has 9 heteroatoms. The topological polar surface area (TPSA) is 79.0 Å². The number of allylic oxidation sites excluding steroid dienone is 1. The molecule has 0 spiro atoms. The molecule has 138 valence electrons. The molecule has 1 aromatic rings. The van der Waals surface area contributed by atoms with Crippen molar-refractivity contribution in [1.82, 2.24) is 5.32 Å². The minimum Gasteiger partial charge on any atom is -0.434 e. The summed E-state index contributed by atoms with van der Waals surface area (Å²) in [6.45, 7) is 2.11. The zero-order valence-electron chi connectivity index (χ0n) is 14.0. The van der Waals surface area contributed by atoms with Crippen molar-refractivity contribution in [2.75, 3.05) is 29.4 Å². The van der Waals surface area contributed by atoms with Gasteiger partial charge in [-0.2, -0.15) is 0 Å². The summed E-state index contributed by atoms with van der Waals surface area (Å²) in [7, 11) is 0. The van der Waals surface area contributed by atoms with Crippen LogP contribution in [0.4, 0.5) is 25.0 Å². The van der Waals surface area contributed by atoms with Gasteiger partial charge in [-0.3, -0.25) is 14.5 Å². The van der Waals surface area contributed by atoms with E-state index in [1.165, 1.54) is 17.2 Å². The molecule has 0 unspecified atom stereocenters. The molecule has 1 saturated heterocycles. The Morgan fingerprint density at radius 2 is 2.00 bits per heavy atom. The number of hydrogen-bond acceptors (Lipinski definition) is 5. The van der Waals surface area contributed by atoms with Gasteiger partial charge in [-0.25, -0.2) is 13.6 Å². The van der Waals surface area contributed by atoms with Crippen molar-refractivity contribution >= 4 is 29.2 Å². The van der Waals surface area contributed by atoms with Gasteiger partial charge < -0.3 is 15.0 Å². The number of benzene rings is 1. The Morgan fingerprint density at radius 3 is 2.58 bits per heavy atom. The standard InChI is InChI=1S/C17H17F2N3O4/c1-2-20-16(24)14-9-22(17(25)26-14)10-7-12(18)15(13(19)8-10)21-5-3-11(23)4-6-21/h3,5,7-8,14H,2,4,6,9H2,1H3,(H,20,24)/t14-/m1/s1. The molecule has 1 fully saturated rings. The number of carbonyl (C=O) groups excluding carboxylic acids is 3. The summed E-state index contributed by atoms with van der Waals surface area (Å²) in [6, 6.07) is 2.01. The fourth-order valence-corrected chi connectivity index (χ4v) is 2.83. The van der Waals surface area contributed by atoms with Crippen LogP contribution in [0.1, 0.15) is 13.3 Å². The van der Waals surface area contributed by atoms with Crippen LogP contribution in [-0.4, -0.2) is 43.5 Å². The number of amides is 2. The molecule has 2 heterocycles. The average Bonchev–Trinajstić information content (AvgIpc) is 2.98. The molecule has 1 aromatic carbocycles. The van der Waals surface area contributed by atoms with Crippen molar-refractivity contribution in [2.45, 2.75) is 19.4 Å². The molecule has 1 atom stereocenters. The Balaban J connectivity index is 1.84. The molecule has 0 aromatic heterocycles. The van der Waals surface area contributed by atoms with E-state index < -0.39 is 29.7 Å². The van der Waals surface area contributed by atoms with Gasteiger partial charge in [0.05, 0.1) is 12.2 Å². The van der Waals surface area contributed by atoms with Gasteiger partial charge in [-0.1, -0.05) is 0 Å². The van der Waals surface area contributed by atoms with Gasteiger partial charge in [0, 0.05) is 37.8 Å². The predicted molar refractivity (Wildman–Crippen MR) is 88.8 cm³/mol. The summed E-state index contributed by atoms with van der Waals surface area (Å²) in [5, 5.41) is 2.53. The van der Waals surface area contributed by atoms with Crippen LogP contribution in [0.15, 0.2) is 24.4 Å². The predicted octanol–water partition coefficient (Wildman–Crippen LogP) is 1.72. The highest BCUT2D eigenvalue weighted by Crippen LogP contribution is 2.32. The van der Waals surface area contributed by atoms with Gasteiger partial charge in [-0.05, 0) is 13.0 Å². The summed E-state index contributed by atoms with van der Waals surface area (Å²) in [4.78, 5) is 37.3. The number of anilines is 2. The van der Waals surface area contributed by atoms with Crippen molar-refractivity contribution < 1.29 is 27.9 Å². The van der Waals surface area contributed by atoms with E-state index in [0.717, 1.165) is 17.0 Å². The molecule has 2 aliphatic rings. The number of nitrogens with one attached hydrogen (secondary N) is 1. The van der Waals surface area contributed by atoms with Gasteiger partial charge in [0.15, 0.2) is 23.5 Å². The lowest BCUT2D eigenvalue weighted by molar-refractivity contribution is -0.127. The fourth-order valence-electron chi connectivity index (χ4n) is 2.83. The van der Waals surface area contributed by atoms with E-state index in [-0.39, 0.29) is 36.7 Å². The minimum absolute atomic E-state index is 0.0439. The van der Waals surface area contributed by atoms with E-state index in [4.69, 9.17) is 4.74 Å². The van der Waals surface area contributed by atoms with Crippen LogP contribution in [0.2, 0.25) is 0 Å². The molecule has 0 bridgehead atoms. The van der Waals surface area contributed by atoms with Gasteiger partial charge in [0.25, 0.3) is 5.91 Å². The van der Waals surface area contributed by atoms with Crippen molar-refractivity contribution in [3.63, 3.8) is 0 Å². The summed E-state index contributed by atoms with van der Waals surface area (Å²) < 4.78 is 33.9. The van der Waals surface area contributed by atoms with Crippen LogP contribution >= 0.6 is 0 Å². The molecular weight excluding hydrogens is 348 g/mol. The maximum absolute atomic E-state index is 14.5. The molecule has 1 N–H and O–H groups in total. The second-order valence-electron chi connectivity index (χ2n) is 5.86. The van der Waals surface area contributed by atoms with E-state index in [1.54, 1.807) is 6.92 Å². The third kappa shape index (κ3) is 3.37. The van der Waals surface area contributed by atoms with Crippen molar-refractivity contribution in [3.05, 3.63) is 36.0 Å². The van der Waals surface area contributed by atoms with Crippen LogP contribution in [0.3, 0.4) is 0 Å². The van der Waals surface area contributed by atoms with Gasteiger partial charge in [0.1, 0.15) is 5.69 Å². The van der Waals surface area contributed by atoms with E-state index in [1.807, 2.05) is 0 Å². The Hall–Kier alpha value is -2.97. The highest BCUT2D eigenvalue weighted by molar-refractivity contribution is 5.96. The van der Waals surface area contributed by atoms with E-state index in [0.29, 0.717) is 6.54 Å². The molecule has 0 radical (unpaired) electrons. The molecule has 2 amide bonds. The van der Waals surface area contributed by atoms with Gasteiger partial charge >= 0.3 is 6.09 Å². The number of cyclic esters (lactones) is 1. The molecule has 0 saturated carbocycles. The summed E-state index contributed by atoms with van der Waals surface area (Å²) in [6.07, 6.45) is 0.845. The van der Waals surface area contributed by atoms with Gasteiger partial charge in [0.2, 0.25) is 0 Å². The monoisotopic (exact) mass is 365 g/mol. The lowest BCUT2D eigenvalue weighted by atomic mass is 10.1. The average molecular weight is 365 g/mol. The number of hydrogen-bond donors (Lipinski definition) is 1. The Kier molecular flexibility index (Phi) is 4.88. The first kappa shape index (κ1) is 17.8. The Labute approximate surface area is 148 Å². The number of ketones is 1. The smallest absolute Gasteiger partial charge is 0.415 e. The molecule has 0 aliphatic carbocycles. The van der Waals surface area contributed by atoms with E-state index in [2.05, 4.69) is 5.32 Å². The quantitative estimate of drug-likeness (QED) is 0.879. The lowest BCUT2D eigenvalue weighted by Crippen LogP contribution is -2.37. The molecular formula is C17H17F2N3O4. The number of nitrogens with zero attached hydrogens (tertiary/aromatic N) is 2. The van der Waals surface area contributed by atoms with Crippen LogP contribution < -0.4 is 15.1 Å². The van der Waals surface area contributed by atoms with Crippen molar-refractivity contribution in [1.29, 1.82) is 0 Å². The lowest BCUT2D eigenvalue weighted by Gasteiger charge is -2.25. The first-order valence-electron chi connectivity index (χ1n) is 8.13. The summed E-state index contributed by atoms with van der Waals surface area (Å²) >= 11 is 0. The number of likely N-dealkylation sites (N-methyl/N-ethyl adjacent to an activating group) is 1. The largest absolute Gasteiger partial charge is 0.434 e. The second kappa shape index (κ2) is 7.11. The second-order valence-corrected chi connectivity index (χ2v) is 5.86. The highest BCUT2D eigenvalue weighted by Gasteiger charge is 2.37. The SMILES string of the molecule is CCNC(=O)[C@H]1CN(c2cc(F)c(N3C=CC(=O)CC3)c(F)c2)C(=O)O1. The van der Waals surface area contributed by atoms with Crippen molar-refractivity contribution in [2.24, 2.45) is 0 Å². The molecule has 26 heavy (non-hydrogen) atoms. The summed E-state index contributed by atoms with van der Waals surface area (Å²) in [5.41, 5.74) is -0.344. The normalized spacial score (nSPS) is 19.7. The molecule has 3 rings (SSSR count). The van der Waals surface area contributed by atoms with Crippen LogP contribution in [0.5, 0.6) is 0 Å². The number of ether oxygens (including phenoxy) is 1. The first-order chi connectivity index (χ1) is 12.4. The highest BCUT2D eigenvalue weighted by atomic mass is 19.1. The maximum Gasteiger partial charge on any atom is 0.415 e. The maximum atomic E-state index is 14.5. The van der Waals surface area contributed by atoms with Crippen LogP contribution in [0.25, 0.3) is 0 Å². The van der Waals surface area contributed by atoms with Gasteiger partial charge in [-0.15, -0.1) is 0 Å². The fraction of sp³-hybridized carbons (Fsp3) is 0.353. The van der Waals surface area contributed by atoms with E-state index >= 15 is 0 Å². The molecule has 2 aliphatic heterocycles. The number of halogens is 2. The van der Waals surface area contributed by atoms with Crippen LogP contribution in [0, 0.1) is 11.6 Å². The number of carbonyl (C=O) groups is 3. The summed E-state index contributed by atoms with van der Waals surface area (Å²) in [5.74, 6) is -2.35. The zero-order chi connectivity index (χ0) is 18.8. The van der Waals surface area contributed by atoms with Crippen molar-refractivity contribution in [3.8, 4) is 0 Å². The number of rotatable bonds is 4. The Bertz CT molecular complexity index is 773. The molecule has 7 nitrogen and oxygen atoms in total. The third-order valence-corrected chi connectivity index (χ3v) is 4.10. The van der Waals surface area contributed by atoms with E-state index in [9.17, 15) is 23.2 Å². The zero-order valence-corrected chi connectivity index (χ0v) is 14.0.